The summed E-state index contributed by atoms with van der Waals surface area (Å²) in [5, 5.41) is 0.621. The number of esters is 1. The highest BCUT2D eigenvalue weighted by atomic mass is 35.5. The Hall–Kier alpha value is -2.34. The van der Waals surface area contributed by atoms with E-state index in [1.54, 1.807) is 19.2 Å². The van der Waals surface area contributed by atoms with E-state index in [9.17, 15) is 9.59 Å². The maximum atomic E-state index is 12.3. The van der Waals surface area contributed by atoms with Crippen molar-refractivity contribution >= 4 is 17.6 Å². The van der Waals surface area contributed by atoms with Gasteiger partial charge in [-0.1, -0.05) is 23.7 Å². The van der Waals surface area contributed by atoms with Gasteiger partial charge in [0, 0.05) is 18.5 Å². The minimum atomic E-state index is -0.716. The lowest BCUT2D eigenvalue weighted by molar-refractivity contribution is 0.0588. The molecule has 0 bridgehead atoms. The number of nitrogens with zero attached hydrogens (tertiary/aromatic N) is 2. The van der Waals surface area contributed by atoms with Crippen molar-refractivity contribution in [3.05, 3.63) is 56.7 Å². The Balaban J connectivity index is 2.52. The monoisotopic (exact) mass is 322 g/mol. The van der Waals surface area contributed by atoms with Crippen molar-refractivity contribution in [3.63, 3.8) is 0 Å². The van der Waals surface area contributed by atoms with Gasteiger partial charge in [-0.05, 0) is 17.7 Å². The average Bonchev–Trinajstić information content (AvgIpc) is 2.53. The van der Waals surface area contributed by atoms with Crippen LogP contribution in [0.25, 0.3) is 0 Å². The van der Waals surface area contributed by atoms with Crippen molar-refractivity contribution in [2.75, 3.05) is 14.2 Å². The van der Waals surface area contributed by atoms with Crippen LogP contribution in [0.4, 0.5) is 0 Å². The second-order valence-electron chi connectivity index (χ2n) is 4.57. The van der Waals surface area contributed by atoms with Crippen molar-refractivity contribution in [3.8, 4) is 5.75 Å². The van der Waals surface area contributed by atoms with E-state index in [0.29, 0.717) is 17.3 Å². The van der Waals surface area contributed by atoms with Crippen LogP contribution in [0.3, 0.4) is 0 Å². The number of ether oxygens (including phenoxy) is 2. The molecule has 6 nitrogen and oxygen atoms in total. The summed E-state index contributed by atoms with van der Waals surface area (Å²) in [6, 6.07) is 7.16. The molecule has 116 valence electrons. The summed E-state index contributed by atoms with van der Waals surface area (Å²) in [6.07, 6.45) is 0.372. The third-order valence-electron chi connectivity index (χ3n) is 3.20. The first kappa shape index (κ1) is 16.0. The number of carbonyl (C=O) groups excluding carboxylic acids is 1. The van der Waals surface area contributed by atoms with Gasteiger partial charge in [-0.25, -0.2) is 9.78 Å². The van der Waals surface area contributed by atoms with Gasteiger partial charge in [0.25, 0.3) is 5.56 Å². The highest BCUT2D eigenvalue weighted by molar-refractivity contribution is 6.30. The molecule has 0 atom stereocenters. The van der Waals surface area contributed by atoms with Crippen LogP contribution in [0.5, 0.6) is 5.75 Å². The quantitative estimate of drug-likeness (QED) is 0.803. The molecule has 0 unspecified atom stereocenters. The molecule has 2 aromatic rings. The summed E-state index contributed by atoms with van der Waals surface area (Å²) in [4.78, 5) is 28.3. The van der Waals surface area contributed by atoms with Crippen molar-refractivity contribution < 1.29 is 14.3 Å². The molecule has 0 amide bonds. The third kappa shape index (κ3) is 3.12. The predicted octanol–water partition coefficient (Wildman–Crippen LogP) is 1.82. The maximum absolute atomic E-state index is 12.3. The molecule has 0 saturated heterocycles. The first-order valence-corrected chi connectivity index (χ1v) is 6.82. The summed E-state index contributed by atoms with van der Waals surface area (Å²) in [6.45, 7) is 0. The van der Waals surface area contributed by atoms with Crippen LogP contribution in [0, 0.1) is 0 Å². The highest BCUT2D eigenvalue weighted by Gasteiger charge is 2.21. The van der Waals surface area contributed by atoms with Crippen LogP contribution in [0.2, 0.25) is 5.02 Å². The second kappa shape index (κ2) is 6.62. The molecule has 0 fully saturated rings. The number of rotatable bonds is 4. The van der Waals surface area contributed by atoms with Gasteiger partial charge < -0.3 is 9.47 Å². The van der Waals surface area contributed by atoms with E-state index in [1.807, 2.05) is 12.1 Å². The molecule has 1 aromatic carbocycles. The summed E-state index contributed by atoms with van der Waals surface area (Å²) in [5.41, 5.74) is 0.340. The normalized spacial score (nSPS) is 10.4. The zero-order chi connectivity index (χ0) is 16.3. The van der Waals surface area contributed by atoms with Crippen LogP contribution in [0.15, 0.2) is 29.1 Å². The molecule has 1 aromatic heterocycles. The van der Waals surface area contributed by atoms with Crippen molar-refractivity contribution in [1.82, 2.24) is 9.55 Å². The molecule has 0 N–H and O–H groups in total. The molecule has 1 heterocycles. The van der Waals surface area contributed by atoms with Gasteiger partial charge in [0.1, 0.15) is 5.82 Å². The topological polar surface area (TPSA) is 70.4 Å². The first-order valence-electron chi connectivity index (χ1n) is 6.44. The van der Waals surface area contributed by atoms with Gasteiger partial charge >= 0.3 is 5.97 Å². The highest BCUT2D eigenvalue weighted by Crippen LogP contribution is 2.16. The lowest BCUT2D eigenvalue weighted by Gasteiger charge is -2.12. The fourth-order valence-electron chi connectivity index (χ4n) is 1.99. The summed E-state index contributed by atoms with van der Waals surface area (Å²) in [5.74, 6) is -0.422. The lowest BCUT2D eigenvalue weighted by atomic mass is 10.1. The molecular weight excluding hydrogens is 308 g/mol. The molecule has 0 saturated carbocycles. The molecule has 22 heavy (non-hydrogen) atoms. The molecule has 2 rings (SSSR count). The van der Waals surface area contributed by atoms with Crippen LogP contribution in [0.1, 0.15) is 21.9 Å². The van der Waals surface area contributed by atoms with Gasteiger partial charge in [0.05, 0.1) is 14.2 Å². The molecular formula is C15H15ClN2O4. The van der Waals surface area contributed by atoms with E-state index in [0.717, 1.165) is 5.56 Å². The van der Waals surface area contributed by atoms with E-state index in [-0.39, 0.29) is 11.4 Å². The van der Waals surface area contributed by atoms with Crippen molar-refractivity contribution in [1.29, 1.82) is 0 Å². The standard InChI is InChI=1S/C15H15ClN2O4/c1-18-11(8-9-4-6-10(16)7-5-9)17-12(15(20)22-3)13(21-2)14(18)19/h4-7H,8H2,1-3H3. The first-order chi connectivity index (χ1) is 10.5. The Morgan fingerprint density at radius 1 is 1.27 bits per heavy atom. The van der Waals surface area contributed by atoms with Gasteiger partial charge in [0.15, 0.2) is 5.69 Å². The number of methoxy groups -OCH3 is 2. The molecule has 0 aliphatic rings. The molecule has 7 heteroatoms. The van der Waals surface area contributed by atoms with E-state index in [2.05, 4.69) is 9.72 Å². The summed E-state index contributed by atoms with van der Waals surface area (Å²) in [7, 11) is 4.10. The number of hydrogen-bond acceptors (Lipinski definition) is 5. The third-order valence-corrected chi connectivity index (χ3v) is 3.45. The van der Waals surface area contributed by atoms with Gasteiger partial charge in [0.2, 0.25) is 5.75 Å². The molecule has 0 radical (unpaired) electrons. The zero-order valence-electron chi connectivity index (χ0n) is 12.4. The largest absolute Gasteiger partial charge is 0.489 e. The predicted molar refractivity (Wildman–Crippen MR) is 81.6 cm³/mol. The maximum Gasteiger partial charge on any atom is 0.360 e. The minimum absolute atomic E-state index is 0.128. The number of aromatic nitrogens is 2. The fraction of sp³-hybridized carbons (Fsp3) is 0.267. The van der Waals surface area contributed by atoms with Crippen LogP contribution in [-0.2, 0) is 18.2 Å². The zero-order valence-corrected chi connectivity index (χ0v) is 13.2. The Bertz CT molecular complexity index is 753. The summed E-state index contributed by atoms with van der Waals surface area (Å²) < 4.78 is 11.0. The number of benzene rings is 1. The number of halogens is 1. The molecule has 0 spiro atoms. The van der Waals surface area contributed by atoms with Gasteiger partial charge in [-0.3, -0.25) is 9.36 Å². The van der Waals surface area contributed by atoms with E-state index in [4.69, 9.17) is 16.3 Å². The lowest BCUT2D eigenvalue weighted by Crippen LogP contribution is -2.27. The molecule has 0 aliphatic heterocycles. The number of carbonyl (C=O) groups is 1. The Morgan fingerprint density at radius 3 is 2.45 bits per heavy atom. The Labute approximate surface area is 132 Å². The van der Waals surface area contributed by atoms with Crippen molar-refractivity contribution in [2.24, 2.45) is 7.05 Å². The van der Waals surface area contributed by atoms with Crippen LogP contribution in [-0.4, -0.2) is 29.7 Å². The Morgan fingerprint density at radius 2 is 1.91 bits per heavy atom. The molecule has 0 aliphatic carbocycles. The van der Waals surface area contributed by atoms with Gasteiger partial charge in [-0.2, -0.15) is 0 Å². The van der Waals surface area contributed by atoms with Gasteiger partial charge in [-0.15, -0.1) is 0 Å². The van der Waals surface area contributed by atoms with E-state index < -0.39 is 11.5 Å². The smallest absolute Gasteiger partial charge is 0.360 e. The SMILES string of the molecule is COC(=O)c1nc(Cc2ccc(Cl)cc2)n(C)c(=O)c1OC. The minimum Gasteiger partial charge on any atom is -0.489 e. The summed E-state index contributed by atoms with van der Waals surface area (Å²) >= 11 is 5.85. The van der Waals surface area contributed by atoms with E-state index in [1.165, 1.54) is 18.8 Å². The van der Waals surface area contributed by atoms with Crippen molar-refractivity contribution in [2.45, 2.75) is 6.42 Å². The second-order valence-corrected chi connectivity index (χ2v) is 5.01. The van der Waals surface area contributed by atoms with Crippen LogP contribution >= 0.6 is 11.6 Å². The van der Waals surface area contributed by atoms with Crippen LogP contribution < -0.4 is 10.3 Å². The average molecular weight is 323 g/mol. The fourth-order valence-corrected chi connectivity index (χ4v) is 2.11. The van der Waals surface area contributed by atoms with E-state index >= 15 is 0 Å². The number of hydrogen-bond donors (Lipinski definition) is 0. The Kier molecular flexibility index (Phi) is 4.82.